The van der Waals surface area contributed by atoms with Crippen molar-refractivity contribution in [3.8, 4) is 11.1 Å². The highest BCUT2D eigenvalue weighted by Gasteiger charge is 2.20. The van der Waals surface area contributed by atoms with Gasteiger partial charge < -0.3 is 15.5 Å². The van der Waals surface area contributed by atoms with Crippen LogP contribution in [-0.4, -0.2) is 46.3 Å². The summed E-state index contributed by atoms with van der Waals surface area (Å²) in [5, 5.41) is 20.6. The number of aliphatic hydroxyl groups is 1. The van der Waals surface area contributed by atoms with Gasteiger partial charge in [0.1, 0.15) is 0 Å². The molecule has 1 amide bonds. The van der Waals surface area contributed by atoms with Crippen molar-refractivity contribution in [2.45, 2.75) is 44.1 Å². The Morgan fingerprint density at radius 2 is 1.24 bits per heavy atom. The number of aliphatic hydroxyl groups excluding tert-OH is 1. The number of aliphatic carboxylic acids is 1. The van der Waals surface area contributed by atoms with Gasteiger partial charge in [-0.25, -0.2) is 4.79 Å². The molecule has 1 saturated carbocycles. The molecule has 0 radical (unpaired) electrons. The van der Waals surface area contributed by atoms with Crippen LogP contribution >= 0.6 is 0 Å². The van der Waals surface area contributed by atoms with Crippen LogP contribution in [0.2, 0.25) is 0 Å². The summed E-state index contributed by atoms with van der Waals surface area (Å²) < 4.78 is 0. The molecule has 3 N–H and O–H groups in total. The van der Waals surface area contributed by atoms with Crippen LogP contribution in [0.1, 0.15) is 80.2 Å². The molecule has 0 bridgehead atoms. The molecule has 1 aliphatic carbocycles. The number of carboxylic acid groups (broad SMARTS) is 1. The van der Waals surface area contributed by atoms with Gasteiger partial charge in [0.15, 0.2) is 17.7 Å². The van der Waals surface area contributed by atoms with Gasteiger partial charge in [-0.15, -0.1) is 0 Å². The van der Waals surface area contributed by atoms with E-state index in [0.29, 0.717) is 17.0 Å². The lowest BCUT2D eigenvalue weighted by Crippen LogP contribution is -2.36. The fraction of sp³-hybridized carbons (Fsp3) is 0.211. The SMILES string of the molecule is O=C(/C=C(\C(=O)c1ccc(C(=O)NCC(O)C(=O)O)cc1)c1ccc(C2CCCCC2)cc1)c1ccc(-c2ccccc2)cc1. The van der Waals surface area contributed by atoms with Crippen LogP contribution in [0.25, 0.3) is 16.7 Å². The number of nitrogens with one attached hydrogen (secondary N) is 1. The molecule has 0 aliphatic heterocycles. The molecule has 4 aromatic rings. The fourth-order valence-corrected chi connectivity index (χ4v) is 5.63. The molecule has 5 rings (SSSR count). The first kappa shape index (κ1) is 31.3. The average Bonchev–Trinajstić information content (AvgIpc) is 3.10. The molecule has 0 heterocycles. The fourth-order valence-electron chi connectivity index (χ4n) is 5.63. The Morgan fingerprint density at radius 3 is 1.87 bits per heavy atom. The topological polar surface area (TPSA) is 121 Å². The van der Waals surface area contributed by atoms with Crippen molar-refractivity contribution in [3.05, 3.63) is 137 Å². The highest BCUT2D eigenvalue weighted by atomic mass is 16.4. The van der Waals surface area contributed by atoms with Crippen molar-refractivity contribution < 1.29 is 29.4 Å². The molecule has 7 nitrogen and oxygen atoms in total. The Hall–Kier alpha value is -5.14. The normalized spacial score (nSPS) is 14.4. The standard InChI is InChI=1S/C38H35NO6/c40-34(30-17-13-28(14-18-30)26-9-5-2-6-10-26)23-33(29-15-11-27(12-16-29)25-7-3-1-4-8-25)36(42)31-19-21-32(22-20-31)37(43)39-24-35(41)38(44)45/h2,5-6,9-23,25,35,41H,1,3-4,7-8,24H2,(H,39,43)(H,44,45)/b33-23-. The van der Waals surface area contributed by atoms with Gasteiger partial charge in [-0.2, -0.15) is 0 Å². The molecule has 4 aromatic carbocycles. The number of amides is 1. The zero-order valence-electron chi connectivity index (χ0n) is 24.8. The van der Waals surface area contributed by atoms with E-state index in [-0.39, 0.29) is 28.3 Å². The predicted octanol–water partition coefficient (Wildman–Crippen LogP) is 6.73. The number of carbonyl (C=O) groups excluding carboxylic acids is 3. The van der Waals surface area contributed by atoms with Crippen molar-refractivity contribution in [1.82, 2.24) is 5.32 Å². The minimum Gasteiger partial charge on any atom is -0.479 e. The third-order valence-electron chi connectivity index (χ3n) is 8.25. The monoisotopic (exact) mass is 601 g/mol. The van der Waals surface area contributed by atoms with Crippen LogP contribution in [0.4, 0.5) is 0 Å². The van der Waals surface area contributed by atoms with Gasteiger partial charge >= 0.3 is 5.97 Å². The summed E-state index contributed by atoms with van der Waals surface area (Å²) in [6.45, 7) is -0.451. The number of benzene rings is 4. The van der Waals surface area contributed by atoms with E-state index in [1.807, 2.05) is 66.7 Å². The zero-order valence-corrected chi connectivity index (χ0v) is 24.8. The third kappa shape index (κ3) is 7.88. The maximum atomic E-state index is 13.9. The lowest BCUT2D eigenvalue weighted by Gasteiger charge is -2.22. The lowest BCUT2D eigenvalue weighted by molar-refractivity contribution is -0.146. The summed E-state index contributed by atoms with van der Waals surface area (Å²) in [5.41, 5.74) is 5.05. The number of ketones is 2. The molecular weight excluding hydrogens is 566 g/mol. The largest absolute Gasteiger partial charge is 0.479 e. The van der Waals surface area contributed by atoms with Crippen LogP contribution in [0.3, 0.4) is 0 Å². The van der Waals surface area contributed by atoms with Gasteiger partial charge in [0.2, 0.25) is 0 Å². The summed E-state index contributed by atoms with van der Waals surface area (Å²) in [6, 6.07) is 30.9. The quantitative estimate of drug-likeness (QED) is 0.130. The van der Waals surface area contributed by atoms with Crippen LogP contribution in [0, 0.1) is 0 Å². The van der Waals surface area contributed by atoms with Gasteiger partial charge in [-0.1, -0.05) is 110 Å². The molecule has 1 fully saturated rings. The van der Waals surface area contributed by atoms with Crippen molar-refractivity contribution >= 4 is 29.0 Å². The van der Waals surface area contributed by atoms with Crippen molar-refractivity contribution in [1.29, 1.82) is 0 Å². The van der Waals surface area contributed by atoms with E-state index in [2.05, 4.69) is 5.32 Å². The highest BCUT2D eigenvalue weighted by molar-refractivity contribution is 6.32. The first-order valence-electron chi connectivity index (χ1n) is 15.2. The molecule has 0 aromatic heterocycles. The summed E-state index contributed by atoms with van der Waals surface area (Å²) in [4.78, 5) is 50.6. The van der Waals surface area contributed by atoms with Crippen LogP contribution in [0.5, 0.6) is 0 Å². The molecule has 0 saturated heterocycles. The van der Waals surface area contributed by atoms with Gasteiger partial charge in [0.25, 0.3) is 5.91 Å². The Bertz CT molecular complexity index is 1680. The van der Waals surface area contributed by atoms with Gasteiger partial charge in [-0.05, 0) is 59.2 Å². The van der Waals surface area contributed by atoms with E-state index in [0.717, 1.165) is 24.0 Å². The zero-order chi connectivity index (χ0) is 31.8. The Morgan fingerprint density at radius 1 is 0.689 bits per heavy atom. The number of carbonyl (C=O) groups is 4. The first-order valence-corrected chi connectivity index (χ1v) is 15.2. The number of rotatable bonds is 11. The smallest absolute Gasteiger partial charge is 0.334 e. The second-order valence-corrected chi connectivity index (χ2v) is 11.3. The third-order valence-corrected chi connectivity index (χ3v) is 8.25. The summed E-state index contributed by atoms with van der Waals surface area (Å²) in [5.74, 6) is -2.21. The van der Waals surface area contributed by atoms with E-state index < -0.39 is 24.5 Å². The van der Waals surface area contributed by atoms with Gasteiger partial charge in [0.05, 0.1) is 6.54 Å². The minimum absolute atomic E-state index is 0.195. The van der Waals surface area contributed by atoms with Crippen molar-refractivity contribution in [2.24, 2.45) is 0 Å². The molecule has 1 aliphatic rings. The summed E-state index contributed by atoms with van der Waals surface area (Å²) in [7, 11) is 0. The van der Waals surface area contributed by atoms with E-state index in [9.17, 15) is 24.3 Å². The second-order valence-electron chi connectivity index (χ2n) is 11.3. The molecular formula is C38H35NO6. The number of hydrogen-bond donors (Lipinski definition) is 3. The van der Waals surface area contributed by atoms with Gasteiger partial charge in [0, 0.05) is 22.3 Å². The first-order chi connectivity index (χ1) is 21.8. The number of carboxylic acids is 1. The number of hydrogen-bond acceptors (Lipinski definition) is 5. The minimum atomic E-state index is -1.72. The van der Waals surface area contributed by atoms with E-state index in [1.165, 1.54) is 55.2 Å². The highest BCUT2D eigenvalue weighted by Crippen LogP contribution is 2.33. The number of allylic oxidation sites excluding steroid dienone is 2. The molecule has 1 atom stereocenters. The maximum absolute atomic E-state index is 13.9. The number of Topliss-reactive ketones (excluding diaryl/α,β-unsaturated/α-hetero) is 1. The molecule has 45 heavy (non-hydrogen) atoms. The predicted molar refractivity (Wildman–Crippen MR) is 173 cm³/mol. The van der Waals surface area contributed by atoms with E-state index in [1.54, 1.807) is 12.1 Å². The molecule has 228 valence electrons. The van der Waals surface area contributed by atoms with Crippen molar-refractivity contribution in [2.75, 3.05) is 6.54 Å². The van der Waals surface area contributed by atoms with Crippen LogP contribution in [0.15, 0.2) is 109 Å². The van der Waals surface area contributed by atoms with Crippen LogP contribution in [-0.2, 0) is 4.79 Å². The Kier molecular flexibility index (Phi) is 10.1. The van der Waals surface area contributed by atoms with Crippen molar-refractivity contribution in [3.63, 3.8) is 0 Å². The Balaban J connectivity index is 1.41. The lowest BCUT2D eigenvalue weighted by atomic mass is 9.83. The molecule has 7 heteroatoms. The summed E-state index contributed by atoms with van der Waals surface area (Å²) >= 11 is 0. The van der Waals surface area contributed by atoms with E-state index >= 15 is 0 Å². The second kappa shape index (κ2) is 14.6. The van der Waals surface area contributed by atoms with E-state index in [4.69, 9.17) is 5.11 Å². The average molecular weight is 602 g/mol. The van der Waals surface area contributed by atoms with Gasteiger partial charge in [-0.3, -0.25) is 14.4 Å². The molecule has 1 unspecified atom stereocenters. The summed E-state index contributed by atoms with van der Waals surface area (Å²) in [6.07, 6.45) is 5.63. The molecule has 0 spiro atoms. The van der Waals surface area contributed by atoms with Crippen LogP contribution < -0.4 is 5.32 Å². The Labute approximate surface area is 262 Å². The maximum Gasteiger partial charge on any atom is 0.334 e.